The zero-order valence-electron chi connectivity index (χ0n) is 12.5. The number of carbonyl (C=O) groups is 1. The SMILES string of the molecule is CCOc1ccc(NC(=O)c2cn3c(C)cccc3n2)cc1. The minimum atomic E-state index is -0.229. The van der Waals surface area contributed by atoms with Crippen LogP contribution in [-0.4, -0.2) is 21.9 Å². The molecule has 5 heteroatoms. The molecule has 0 saturated heterocycles. The quantitative estimate of drug-likeness (QED) is 0.803. The molecule has 5 nitrogen and oxygen atoms in total. The van der Waals surface area contributed by atoms with Gasteiger partial charge in [0.2, 0.25) is 0 Å². The maximum Gasteiger partial charge on any atom is 0.275 e. The third-order valence-electron chi connectivity index (χ3n) is 3.35. The first-order valence-electron chi connectivity index (χ1n) is 7.16. The van der Waals surface area contributed by atoms with E-state index in [1.54, 1.807) is 6.20 Å². The number of pyridine rings is 1. The number of hydrogen-bond donors (Lipinski definition) is 1. The fourth-order valence-electron chi connectivity index (χ4n) is 2.25. The van der Waals surface area contributed by atoms with E-state index in [0.717, 1.165) is 17.1 Å². The summed E-state index contributed by atoms with van der Waals surface area (Å²) < 4.78 is 7.27. The molecule has 0 fully saturated rings. The van der Waals surface area contributed by atoms with Crippen LogP contribution in [0.1, 0.15) is 23.1 Å². The molecule has 0 radical (unpaired) electrons. The van der Waals surface area contributed by atoms with Crippen LogP contribution in [-0.2, 0) is 0 Å². The Bertz CT molecular complexity index is 806. The van der Waals surface area contributed by atoms with Gasteiger partial charge in [0.15, 0.2) is 0 Å². The fraction of sp³-hybridized carbons (Fsp3) is 0.176. The van der Waals surface area contributed by atoms with Crippen LogP contribution in [0.5, 0.6) is 5.75 Å². The highest BCUT2D eigenvalue weighted by atomic mass is 16.5. The Morgan fingerprint density at radius 3 is 2.68 bits per heavy atom. The summed E-state index contributed by atoms with van der Waals surface area (Å²) in [5, 5.41) is 2.84. The van der Waals surface area contributed by atoms with Gasteiger partial charge in [0.25, 0.3) is 5.91 Å². The molecule has 0 unspecified atom stereocenters. The summed E-state index contributed by atoms with van der Waals surface area (Å²) in [6, 6.07) is 13.0. The number of hydrogen-bond acceptors (Lipinski definition) is 3. The summed E-state index contributed by atoms with van der Waals surface area (Å²) in [7, 11) is 0. The highest BCUT2D eigenvalue weighted by Gasteiger charge is 2.11. The summed E-state index contributed by atoms with van der Waals surface area (Å²) in [4.78, 5) is 16.6. The van der Waals surface area contributed by atoms with Crippen molar-refractivity contribution in [2.45, 2.75) is 13.8 Å². The highest BCUT2D eigenvalue weighted by Crippen LogP contribution is 2.17. The first kappa shape index (κ1) is 14.1. The van der Waals surface area contributed by atoms with Crippen LogP contribution < -0.4 is 10.1 Å². The predicted octanol–water partition coefficient (Wildman–Crippen LogP) is 3.29. The van der Waals surface area contributed by atoms with Gasteiger partial charge in [0.1, 0.15) is 17.1 Å². The smallest absolute Gasteiger partial charge is 0.275 e. The van der Waals surface area contributed by atoms with Crippen LogP contribution in [0.4, 0.5) is 5.69 Å². The Balaban J connectivity index is 1.79. The molecule has 0 spiro atoms. The molecular weight excluding hydrogens is 278 g/mol. The second-order valence-electron chi connectivity index (χ2n) is 4.93. The Labute approximate surface area is 128 Å². The monoisotopic (exact) mass is 295 g/mol. The molecule has 0 atom stereocenters. The van der Waals surface area contributed by atoms with Gasteiger partial charge in [-0.15, -0.1) is 0 Å². The number of imidazole rings is 1. The lowest BCUT2D eigenvalue weighted by Gasteiger charge is -2.05. The number of fused-ring (bicyclic) bond motifs is 1. The van der Waals surface area contributed by atoms with Crippen molar-refractivity contribution in [2.24, 2.45) is 0 Å². The van der Waals surface area contributed by atoms with Crippen LogP contribution in [0, 0.1) is 6.92 Å². The van der Waals surface area contributed by atoms with Crippen LogP contribution in [0.25, 0.3) is 5.65 Å². The fourth-order valence-corrected chi connectivity index (χ4v) is 2.25. The van der Waals surface area contributed by atoms with Crippen LogP contribution in [0.15, 0.2) is 48.7 Å². The van der Waals surface area contributed by atoms with E-state index in [0.29, 0.717) is 18.0 Å². The maximum absolute atomic E-state index is 12.3. The Kier molecular flexibility index (Phi) is 3.78. The van der Waals surface area contributed by atoms with Gasteiger partial charge in [-0.1, -0.05) is 6.07 Å². The maximum atomic E-state index is 12.3. The molecule has 1 amide bonds. The van der Waals surface area contributed by atoms with E-state index in [1.807, 2.05) is 60.7 Å². The number of amides is 1. The summed E-state index contributed by atoms with van der Waals surface area (Å²) >= 11 is 0. The van der Waals surface area contributed by atoms with Gasteiger partial charge in [0.05, 0.1) is 6.61 Å². The highest BCUT2D eigenvalue weighted by molar-refractivity contribution is 6.03. The first-order valence-corrected chi connectivity index (χ1v) is 7.16. The molecule has 1 aromatic carbocycles. The molecule has 22 heavy (non-hydrogen) atoms. The number of anilines is 1. The Morgan fingerprint density at radius 1 is 1.23 bits per heavy atom. The minimum Gasteiger partial charge on any atom is -0.494 e. The van der Waals surface area contributed by atoms with Crippen molar-refractivity contribution in [3.8, 4) is 5.75 Å². The second kappa shape index (κ2) is 5.89. The lowest BCUT2D eigenvalue weighted by atomic mass is 10.3. The number of nitrogens with zero attached hydrogens (tertiary/aromatic N) is 2. The van der Waals surface area contributed by atoms with Crippen molar-refractivity contribution < 1.29 is 9.53 Å². The standard InChI is InChI=1S/C17H17N3O2/c1-3-22-14-9-7-13(8-10-14)18-17(21)15-11-20-12(2)5-4-6-16(20)19-15/h4-11H,3H2,1-2H3,(H,18,21). The average Bonchev–Trinajstić information content (AvgIpc) is 2.95. The normalized spacial score (nSPS) is 10.6. The number of aromatic nitrogens is 2. The molecule has 0 saturated carbocycles. The Morgan fingerprint density at radius 2 is 2.00 bits per heavy atom. The van der Waals surface area contributed by atoms with Crippen molar-refractivity contribution in [1.29, 1.82) is 0 Å². The van der Waals surface area contributed by atoms with Crippen molar-refractivity contribution in [2.75, 3.05) is 11.9 Å². The van der Waals surface area contributed by atoms with Gasteiger partial charge < -0.3 is 14.5 Å². The summed E-state index contributed by atoms with van der Waals surface area (Å²) in [6.45, 7) is 4.52. The van der Waals surface area contributed by atoms with Crippen molar-refractivity contribution in [3.63, 3.8) is 0 Å². The molecule has 0 aliphatic heterocycles. The third-order valence-corrected chi connectivity index (χ3v) is 3.35. The van der Waals surface area contributed by atoms with Gasteiger partial charge in [0, 0.05) is 17.6 Å². The molecule has 112 valence electrons. The van der Waals surface area contributed by atoms with E-state index in [1.165, 1.54) is 0 Å². The molecule has 1 N–H and O–H groups in total. The summed E-state index contributed by atoms with van der Waals surface area (Å²) in [5.41, 5.74) is 2.90. The van der Waals surface area contributed by atoms with Gasteiger partial charge in [-0.3, -0.25) is 4.79 Å². The summed E-state index contributed by atoms with van der Waals surface area (Å²) in [5.74, 6) is 0.552. The van der Waals surface area contributed by atoms with E-state index in [4.69, 9.17) is 4.74 Å². The average molecular weight is 295 g/mol. The van der Waals surface area contributed by atoms with Gasteiger partial charge in [-0.2, -0.15) is 0 Å². The van der Waals surface area contributed by atoms with E-state index in [2.05, 4.69) is 10.3 Å². The zero-order chi connectivity index (χ0) is 15.5. The number of benzene rings is 1. The molecule has 0 aliphatic carbocycles. The molecule has 2 heterocycles. The lowest BCUT2D eigenvalue weighted by molar-refractivity contribution is 0.102. The van der Waals surface area contributed by atoms with Crippen LogP contribution in [0.3, 0.4) is 0 Å². The predicted molar refractivity (Wildman–Crippen MR) is 85.5 cm³/mol. The lowest BCUT2D eigenvalue weighted by Crippen LogP contribution is -2.12. The number of carbonyl (C=O) groups excluding carboxylic acids is 1. The van der Waals surface area contributed by atoms with Crippen LogP contribution in [0.2, 0.25) is 0 Å². The molecule has 0 bridgehead atoms. The van der Waals surface area contributed by atoms with Crippen molar-refractivity contribution in [3.05, 3.63) is 60.0 Å². The van der Waals surface area contributed by atoms with Crippen LogP contribution >= 0.6 is 0 Å². The number of nitrogens with one attached hydrogen (secondary N) is 1. The topological polar surface area (TPSA) is 55.6 Å². The largest absolute Gasteiger partial charge is 0.494 e. The van der Waals surface area contributed by atoms with E-state index in [-0.39, 0.29) is 5.91 Å². The van der Waals surface area contributed by atoms with E-state index >= 15 is 0 Å². The van der Waals surface area contributed by atoms with Gasteiger partial charge in [-0.25, -0.2) is 4.98 Å². The zero-order valence-corrected chi connectivity index (χ0v) is 12.5. The third kappa shape index (κ3) is 2.79. The molecule has 3 rings (SSSR count). The van der Waals surface area contributed by atoms with Gasteiger partial charge >= 0.3 is 0 Å². The number of aryl methyl sites for hydroxylation is 1. The van der Waals surface area contributed by atoms with Crippen molar-refractivity contribution >= 4 is 17.2 Å². The second-order valence-corrected chi connectivity index (χ2v) is 4.93. The van der Waals surface area contributed by atoms with E-state index in [9.17, 15) is 4.79 Å². The first-order chi connectivity index (χ1) is 10.7. The molecule has 3 aromatic rings. The summed E-state index contributed by atoms with van der Waals surface area (Å²) in [6.07, 6.45) is 1.74. The minimum absolute atomic E-state index is 0.229. The van der Waals surface area contributed by atoms with E-state index < -0.39 is 0 Å². The number of ether oxygens (including phenoxy) is 1. The molecular formula is C17H17N3O2. The van der Waals surface area contributed by atoms with Crippen molar-refractivity contribution in [1.82, 2.24) is 9.38 Å². The van der Waals surface area contributed by atoms with Gasteiger partial charge in [-0.05, 0) is 50.2 Å². The Hall–Kier alpha value is -2.82. The molecule has 2 aromatic heterocycles. The number of rotatable bonds is 4. The molecule has 0 aliphatic rings.